The summed E-state index contributed by atoms with van der Waals surface area (Å²) in [6.07, 6.45) is 0. The molecule has 4 heteroatoms. The summed E-state index contributed by atoms with van der Waals surface area (Å²) in [5.41, 5.74) is 16.2. The summed E-state index contributed by atoms with van der Waals surface area (Å²) in [6.45, 7) is 4.67. The summed E-state index contributed by atoms with van der Waals surface area (Å²) in [5, 5.41) is 8.30. The van der Waals surface area contributed by atoms with E-state index < -0.39 is 0 Å². The summed E-state index contributed by atoms with van der Waals surface area (Å²) < 4.78 is 4.67. The number of para-hydroxylation sites is 3. The van der Waals surface area contributed by atoms with Gasteiger partial charge in [0.05, 0.1) is 33.3 Å². The monoisotopic (exact) mass is 778 g/mol. The molecular formula is C57H38N4. The van der Waals surface area contributed by atoms with E-state index in [0.29, 0.717) is 5.95 Å². The van der Waals surface area contributed by atoms with Crippen LogP contribution in [0.1, 0.15) is 25.0 Å². The van der Waals surface area contributed by atoms with Crippen molar-refractivity contribution >= 4 is 65.3 Å². The predicted octanol–water partition coefficient (Wildman–Crippen LogP) is 14.6. The van der Waals surface area contributed by atoms with E-state index >= 15 is 0 Å². The van der Waals surface area contributed by atoms with E-state index in [4.69, 9.17) is 9.97 Å². The third-order valence-corrected chi connectivity index (χ3v) is 13.3. The first-order valence-corrected chi connectivity index (χ1v) is 21.1. The Morgan fingerprint density at radius 2 is 1.05 bits per heavy atom. The number of benzene rings is 9. The molecule has 3 aromatic heterocycles. The molecule has 0 atom stereocenters. The predicted molar refractivity (Wildman–Crippen MR) is 254 cm³/mol. The Morgan fingerprint density at radius 1 is 0.393 bits per heavy atom. The second-order valence-electron chi connectivity index (χ2n) is 17.0. The van der Waals surface area contributed by atoms with Gasteiger partial charge < -0.3 is 4.57 Å². The molecule has 0 saturated heterocycles. The van der Waals surface area contributed by atoms with Gasteiger partial charge in [0.2, 0.25) is 5.95 Å². The molecule has 1 aliphatic rings. The number of fused-ring (bicyclic) bond motifs is 12. The van der Waals surface area contributed by atoms with Crippen molar-refractivity contribution in [1.29, 1.82) is 0 Å². The molecule has 0 spiro atoms. The van der Waals surface area contributed by atoms with Crippen molar-refractivity contribution in [3.05, 3.63) is 205 Å². The topological polar surface area (TPSA) is 35.6 Å². The molecule has 0 saturated carbocycles. The van der Waals surface area contributed by atoms with Gasteiger partial charge in [-0.05, 0) is 98.8 Å². The highest BCUT2D eigenvalue weighted by Crippen LogP contribution is 2.50. The van der Waals surface area contributed by atoms with Gasteiger partial charge in [0, 0.05) is 43.6 Å². The first-order chi connectivity index (χ1) is 30.0. The molecule has 61 heavy (non-hydrogen) atoms. The third kappa shape index (κ3) is 4.82. The van der Waals surface area contributed by atoms with Crippen LogP contribution < -0.4 is 0 Å². The minimum atomic E-state index is -0.125. The Labute approximate surface area is 352 Å². The van der Waals surface area contributed by atoms with Crippen molar-refractivity contribution in [3.8, 4) is 45.1 Å². The zero-order valence-corrected chi connectivity index (χ0v) is 33.8. The van der Waals surface area contributed by atoms with Crippen LogP contribution in [0, 0.1) is 0 Å². The first kappa shape index (κ1) is 34.1. The van der Waals surface area contributed by atoms with E-state index in [1.54, 1.807) is 0 Å². The fourth-order valence-electron chi connectivity index (χ4n) is 10.5. The second kappa shape index (κ2) is 12.6. The maximum atomic E-state index is 5.55. The van der Waals surface area contributed by atoms with Gasteiger partial charge in [-0.3, -0.25) is 4.57 Å². The number of hydrogen-bond donors (Lipinski definition) is 0. The van der Waals surface area contributed by atoms with Gasteiger partial charge in [-0.25, -0.2) is 9.97 Å². The van der Waals surface area contributed by atoms with Crippen LogP contribution >= 0.6 is 0 Å². The van der Waals surface area contributed by atoms with Crippen molar-refractivity contribution in [2.75, 3.05) is 0 Å². The molecule has 9 aromatic carbocycles. The van der Waals surface area contributed by atoms with E-state index in [1.807, 2.05) is 0 Å². The zero-order chi connectivity index (χ0) is 40.4. The maximum Gasteiger partial charge on any atom is 0.235 e. The Balaban J connectivity index is 1.07. The van der Waals surface area contributed by atoms with E-state index in [1.165, 1.54) is 76.7 Å². The second-order valence-corrected chi connectivity index (χ2v) is 17.0. The summed E-state index contributed by atoms with van der Waals surface area (Å²) in [4.78, 5) is 10.9. The van der Waals surface area contributed by atoms with Crippen molar-refractivity contribution in [2.45, 2.75) is 19.3 Å². The number of nitrogens with zero attached hydrogens (tertiary/aromatic N) is 4. The average Bonchev–Trinajstić information content (AvgIpc) is 3.92. The smallest absolute Gasteiger partial charge is 0.235 e. The van der Waals surface area contributed by atoms with Crippen molar-refractivity contribution < 1.29 is 0 Å². The molecular weight excluding hydrogens is 741 g/mol. The van der Waals surface area contributed by atoms with Gasteiger partial charge >= 0.3 is 0 Å². The van der Waals surface area contributed by atoms with Gasteiger partial charge in [0.1, 0.15) is 0 Å². The molecule has 0 N–H and O–H groups in total. The fraction of sp³-hybridized carbons (Fsp3) is 0.0526. The lowest BCUT2D eigenvalue weighted by Gasteiger charge is -2.22. The summed E-state index contributed by atoms with van der Waals surface area (Å²) in [5.74, 6) is 0.660. The van der Waals surface area contributed by atoms with Crippen LogP contribution in [0.15, 0.2) is 194 Å². The minimum absolute atomic E-state index is 0.125. The Bertz CT molecular complexity index is 3790. The number of rotatable bonds is 4. The highest BCUT2D eigenvalue weighted by Gasteiger charge is 2.35. The van der Waals surface area contributed by atoms with Crippen molar-refractivity contribution in [2.24, 2.45) is 0 Å². The highest BCUT2D eigenvalue weighted by molar-refractivity contribution is 6.23. The quantitative estimate of drug-likeness (QED) is 0.178. The molecule has 4 nitrogen and oxygen atoms in total. The van der Waals surface area contributed by atoms with E-state index in [-0.39, 0.29) is 5.41 Å². The first-order valence-electron chi connectivity index (χ1n) is 21.1. The van der Waals surface area contributed by atoms with Gasteiger partial charge in [-0.1, -0.05) is 153 Å². The molecule has 0 unspecified atom stereocenters. The standard InChI is InChI=1S/C57H38N4/c1-57(2)46-23-11-8-19-41(46)42-30-27-37(34-47(42)57)55-43-20-9-12-24-48(43)58-56(59-55)61-50-31-29-36(33-45(50)54-39-18-7-6-15-35(39)28-32-52(54)61)40-22-14-26-51-53(40)44-21-10-13-25-49(44)60(51)38-16-4-3-5-17-38/h3-34H,1-2H3. The van der Waals surface area contributed by atoms with Crippen LogP contribution in [0.2, 0.25) is 0 Å². The molecule has 0 aliphatic heterocycles. The van der Waals surface area contributed by atoms with Gasteiger partial charge in [-0.15, -0.1) is 0 Å². The largest absolute Gasteiger partial charge is 0.309 e. The van der Waals surface area contributed by atoms with E-state index in [9.17, 15) is 0 Å². The normalized spacial score (nSPS) is 13.2. The lowest BCUT2D eigenvalue weighted by Crippen LogP contribution is -2.15. The Kier molecular flexibility index (Phi) is 7.04. The van der Waals surface area contributed by atoms with Gasteiger partial charge in [-0.2, -0.15) is 0 Å². The third-order valence-electron chi connectivity index (χ3n) is 13.3. The zero-order valence-electron chi connectivity index (χ0n) is 33.8. The summed E-state index contributed by atoms with van der Waals surface area (Å²) in [6, 6.07) is 70.5. The molecule has 0 radical (unpaired) electrons. The minimum Gasteiger partial charge on any atom is -0.309 e. The van der Waals surface area contributed by atoms with Crippen LogP contribution in [-0.2, 0) is 5.41 Å². The molecule has 3 heterocycles. The lowest BCUT2D eigenvalue weighted by atomic mass is 9.82. The SMILES string of the molecule is CC1(C)c2ccccc2-c2ccc(-c3nc(-n4c5ccc(-c6cccc7c6c6ccccc6n7-c6ccccc6)cc5c5c6ccccc6ccc54)nc4ccccc34)cc21. The van der Waals surface area contributed by atoms with Crippen LogP contribution in [-0.4, -0.2) is 19.1 Å². The average molecular weight is 779 g/mol. The molecule has 13 rings (SSSR count). The molecule has 0 fully saturated rings. The Hall–Kier alpha value is -7.82. The molecule has 12 aromatic rings. The fourth-order valence-corrected chi connectivity index (χ4v) is 10.5. The van der Waals surface area contributed by atoms with E-state index in [0.717, 1.165) is 38.9 Å². The lowest BCUT2D eigenvalue weighted by molar-refractivity contribution is 0.660. The summed E-state index contributed by atoms with van der Waals surface area (Å²) in [7, 11) is 0. The molecule has 1 aliphatic carbocycles. The van der Waals surface area contributed by atoms with Gasteiger partial charge in [0.15, 0.2) is 0 Å². The van der Waals surface area contributed by atoms with Crippen LogP contribution in [0.5, 0.6) is 0 Å². The molecule has 0 amide bonds. The number of aromatic nitrogens is 4. The Morgan fingerprint density at radius 3 is 1.95 bits per heavy atom. The van der Waals surface area contributed by atoms with Crippen LogP contribution in [0.3, 0.4) is 0 Å². The molecule has 0 bridgehead atoms. The van der Waals surface area contributed by atoms with E-state index in [2.05, 4.69) is 217 Å². The van der Waals surface area contributed by atoms with Gasteiger partial charge in [0.25, 0.3) is 0 Å². The maximum absolute atomic E-state index is 5.55. The van der Waals surface area contributed by atoms with Crippen LogP contribution in [0.25, 0.3) is 110 Å². The van der Waals surface area contributed by atoms with Crippen molar-refractivity contribution in [3.63, 3.8) is 0 Å². The van der Waals surface area contributed by atoms with Crippen molar-refractivity contribution in [1.82, 2.24) is 19.1 Å². The number of hydrogen-bond acceptors (Lipinski definition) is 2. The molecule has 286 valence electrons. The summed E-state index contributed by atoms with van der Waals surface area (Å²) >= 11 is 0. The highest BCUT2D eigenvalue weighted by atomic mass is 15.2. The van der Waals surface area contributed by atoms with Crippen LogP contribution in [0.4, 0.5) is 0 Å².